The SMILES string of the molecule is Cc1ccc(CNC(=O)[C@@H](C)OC(=O)c2cc3ccccc3[nH]2)cc1. The highest BCUT2D eigenvalue weighted by molar-refractivity contribution is 5.96. The number of rotatable bonds is 5. The average molecular weight is 336 g/mol. The zero-order valence-corrected chi connectivity index (χ0v) is 14.2. The zero-order chi connectivity index (χ0) is 17.8. The molecule has 0 aliphatic rings. The Balaban J connectivity index is 1.56. The number of aromatic nitrogens is 1. The summed E-state index contributed by atoms with van der Waals surface area (Å²) in [5, 5.41) is 3.70. The second kappa shape index (κ2) is 7.21. The quantitative estimate of drug-likeness (QED) is 0.702. The largest absolute Gasteiger partial charge is 0.448 e. The van der Waals surface area contributed by atoms with Gasteiger partial charge in [-0.2, -0.15) is 0 Å². The minimum Gasteiger partial charge on any atom is -0.448 e. The lowest BCUT2D eigenvalue weighted by Gasteiger charge is -2.13. The van der Waals surface area contributed by atoms with E-state index < -0.39 is 12.1 Å². The van der Waals surface area contributed by atoms with E-state index >= 15 is 0 Å². The smallest absolute Gasteiger partial charge is 0.355 e. The Labute approximate surface area is 146 Å². The first-order valence-corrected chi connectivity index (χ1v) is 8.15. The number of H-pyrrole nitrogens is 1. The number of carbonyl (C=O) groups is 2. The van der Waals surface area contributed by atoms with Gasteiger partial charge in [0.2, 0.25) is 0 Å². The van der Waals surface area contributed by atoms with Gasteiger partial charge in [-0.15, -0.1) is 0 Å². The summed E-state index contributed by atoms with van der Waals surface area (Å²) in [5.74, 6) is -0.876. The van der Waals surface area contributed by atoms with Crippen LogP contribution in [0.3, 0.4) is 0 Å². The number of ether oxygens (including phenoxy) is 1. The summed E-state index contributed by atoms with van der Waals surface area (Å²) in [6, 6.07) is 17.2. The fourth-order valence-electron chi connectivity index (χ4n) is 2.50. The van der Waals surface area contributed by atoms with E-state index in [2.05, 4.69) is 10.3 Å². The zero-order valence-electron chi connectivity index (χ0n) is 14.2. The highest BCUT2D eigenvalue weighted by atomic mass is 16.5. The number of hydrogen-bond acceptors (Lipinski definition) is 3. The van der Waals surface area contributed by atoms with Crippen molar-refractivity contribution in [2.45, 2.75) is 26.5 Å². The van der Waals surface area contributed by atoms with Gasteiger partial charge < -0.3 is 15.0 Å². The molecule has 0 aliphatic carbocycles. The van der Waals surface area contributed by atoms with Crippen LogP contribution in [0.15, 0.2) is 54.6 Å². The Morgan fingerprint density at radius 1 is 1.12 bits per heavy atom. The van der Waals surface area contributed by atoms with E-state index in [1.54, 1.807) is 13.0 Å². The highest BCUT2D eigenvalue weighted by Crippen LogP contribution is 2.15. The molecule has 128 valence electrons. The maximum absolute atomic E-state index is 12.2. The molecule has 5 nitrogen and oxygen atoms in total. The van der Waals surface area contributed by atoms with E-state index in [1.807, 2.05) is 55.5 Å². The third-order valence-corrected chi connectivity index (χ3v) is 3.99. The number of benzene rings is 2. The number of para-hydroxylation sites is 1. The highest BCUT2D eigenvalue weighted by Gasteiger charge is 2.19. The number of aryl methyl sites for hydroxylation is 1. The minimum absolute atomic E-state index is 0.329. The molecule has 0 bridgehead atoms. The number of carbonyl (C=O) groups excluding carboxylic acids is 2. The lowest BCUT2D eigenvalue weighted by molar-refractivity contribution is -0.129. The van der Waals surface area contributed by atoms with Crippen LogP contribution in [0.2, 0.25) is 0 Å². The molecule has 1 amide bonds. The number of amides is 1. The topological polar surface area (TPSA) is 71.2 Å². The van der Waals surface area contributed by atoms with E-state index in [0.29, 0.717) is 12.2 Å². The van der Waals surface area contributed by atoms with E-state index in [9.17, 15) is 9.59 Å². The summed E-state index contributed by atoms with van der Waals surface area (Å²) in [6.07, 6.45) is -0.871. The Morgan fingerprint density at radius 3 is 2.56 bits per heavy atom. The van der Waals surface area contributed by atoms with Gasteiger partial charge in [-0.3, -0.25) is 4.79 Å². The monoisotopic (exact) mass is 336 g/mol. The number of fused-ring (bicyclic) bond motifs is 1. The van der Waals surface area contributed by atoms with Gasteiger partial charge in [0.25, 0.3) is 5.91 Å². The second-order valence-electron chi connectivity index (χ2n) is 6.02. The standard InChI is InChI=1S/C20H20N2O3/c1-13-7-9-15(10-8-13)12-21-19(23)14(2)25-20(24)18-11-16-5-3-4-6-17(16)22-18/h3-11,14,22H,12H2,1-2H3,(H,21,23)/t14-/m1/s1. The predicted octanol–water partition coefficient (Wildman–Crippen LogP) is 3.34. The fourth-order valence-corrected chi connectivity index (χ4v) is 2.50. The molecule has 2 N–H and O–H groups in total. The average Bonchev–Trinajstić information content (AvgIpc) is 3.05. The van der Waals surface area contributed by atoms with Crippen LogP contribution in [0.1, 0.15) is 28.5 Å². The number of esters is 1. The maximum atomic E-state index is 12.2. The van der Waals surface area contributed by atoms with Crippen molar-refractivity contribution < 1.29 is 14.3 Å². The first-order valence-electron chi connectivity index (χ1n) is 8.15. The van der Waals surface area contributed by atoms with Gasteiger partial charge in [0.1, 0.15) is 5.69 Å². The van der Waals surface area contributed by atoms with Gasteiger partial charge in [0.15, 0.2) is 6.10 Å². The lowest BCUT2D eigenvalue weighted by atomic mass is 10.1. The predicted molar refractivity (Wildman–Crippen MR) is 96.2 cm³/mol. The first kappa shape index (κ1) is 16.8. The molecule has 3 aromatic rings. The van der Waals surface area contributed by atoms with Crippen LogP contribution < -0.4 is 5.32 Å². The summed E-state index contributed by atoms with van der Waals surface area (Å²) in [6.45, 7) is 3.96. The molecule has 0 unspecified atom stereocenters. The van der Waals surface area contributed by atoms with Crippen LogP contribution in [0.4, 0.5) is 0 Å². The molecule has 1 heterocycles. The van der Waals surface area contributed by atoms with E-state index in [4.69, 9.17) is 4.74 Å². The molecule has 2 aromatic carbocycles. The van der Waals surface area contributed by atoms with Crippen LogP contribution in [0.25, 0.3) is 10.9 Å². The molecule has 0 fully saturated rings. The van der Waals surface area contributed by atoms with Gasteiger partial charge in [-0.25, -0.2) is 4.79 Å². The summed E-state index contributed by atoms with van der Waals surface area (Å²) >= 11 is 0. The summed E-state index contributed by atoms with van der Waals surface area (Å²) < 4.78 is 5.25. The van der Waals surface area contributed by atoms with Crippen molar-refractivity contribution in [1.29, 1.82) is 0 Å². The molecule has 0 saturated carbocycles. The Kier molecular flexibility index (Phi) is 4.84. The van der Waals surface area contributed by atoms with Crippen LogP contribution in [0.5, 0.6) is 0 Å². The fraction of sp³-hybridized carbons (Fsp3) is 0.200. The van der Waals surface area contributed by atoms with E-state index in [0.717, 1.165) is 22.0 Å². The molecule has 1 aromatic heterocycles. The summed E-state index contributed by atoms with van der Waals surface area (Å²) in [7, 11) is 0. The van der Waals surface area contributed by atoms with Crippen molar-refractivity contribution in [2.24, 2.45) is 0 Å². The molecule has 0 spiro atoms. The third kappa shape index (κ3) is 4.07. The van der Waals surface area contributed by atoms with Crippen molar-refractivity contribution in [3.8, 4) is 0 Å². The molecule has 1 atom stereocenters. The molecular weight excluding hydrogens is 316 g/mol. The van der Waals surface area contributed by atoms with Gasteiger partial charge in [0.05, 0.1) is 0 Å². The van der Waals surface area contributed by atoms with Crippen molar-refractivity contribution >= 4 is 22.8 Å². The van der Waals surface area contributed by atoms with Crippen LogP contribution in [0, 0.1) is 6.92 Å². The summed E-state index contributed by atoms with van der Waals surface area (Å²) in [4.78, 5) is 27.3. The Morgan fingerprint density at radius 2 is 1.84 bits per heavy atom. The second-order valence-corrected chi connectivity index (χ2v) is 6.02. The molecular formula is C20H20N2O3. The van der Waals surface area contributed by atoms with Gasteiger partial charge in [-0.05, 0) is 31.5 Å². The van der Waals surface area contributed by atoms with Gasteiger partial charge in [-0.1, -0.05) is 48.0 Å². The maximum Gasteiger partial charge on any atom is 0.355 e. The van der Waals surface area contributed by atoms with Crippen LogP contribution in [-0.4, -0.2) is 23.0 Å². The molecule has 0 aliphatic heterocycles. The van der Waals surface area contributed by atoms with Crippen LogP contribution in [-0.2, 0) is 16.1 Å². The van der Waals surface area contributed by atoms with E-state index in [1.165, 1.54) is 0 Å². The van der Waals surface area contributed by atoms with E-state index in [-0.39, 0.29) is 5.91 Å². The molecule has 5 heteroatoms. The lowest BCUT2D eigenvalue weighted by Crippen LogP contribution is -2.35. The molecule has 3 rings (SSSR count). The number of hydrogen-bond donors (Lipinski definition) is 2. The summed E-state index contributed by atoms with van der Waals surface area (Å²) in [5.41, 5.74) is 3.34. The van der Waals surface area contributed by atoms with Gasteiger partial charge >= 0.3 is 5.97 Å². The van der Waals surface area contributed by atoms with Crippen LogP contribution >= 0.6 is 0 Å². The first-order chi connectivity index (χ1) is 12.0. The Hall–Kier alpha value is -3.08. The number of nitrogens with one attached hydrogen (secondary N) is 2. The molecule has 25 heavy (non-hydrogen) atoms. The third-order valence-electron chi connectivity index (χ3n) is 3.99. The molecule has 0 radical (unpaired) electrons. The van der Waals surface area contributed by atoms with Crippen molar-refractivity contribution in [3.05, 3.63) is 71.4 Å². The normalized spacial score (nSPS) is 11.9. The van der Waals surface area contributed by atoms with Gasteiger partial charge in [0, 0.05) is 17.4 Å². The minimum atomic E-state index is -0.871. The van der Waals surface area contributed by atoms with Crippen molar-refractivity contribution in [3.63, 3.8) is 0 Å². The van der Waals surface area contributed by atoms with Crippen molar-refractivity contribution in [1.82, 2.24) is 10.3 Å². The Bertz CT molecular complexity index is 864. The van der Waals surface area contributed by atoms with Crippen molar-refractivity contribution in [2.75, 3.05) is 0 Å². The molecule has 0 saturated heterocycles. The number of aromatic amines is 1.